The van der Waals surface area contributed by atoms with Crippen LogP contribution >= 0.6 is 0 Å². The highest BCUT2D eigenvalue weighted by molar-refractivity contribution is 5.89. The van der Waals surface area contributed by atoms with E-state index in [4.69, 9.17) is 4.74 Å². The molecule has 2 rings (SSSR count). The number of alkyl halides is 3. The lowest BCUT2D eigenvalue weighted by Gasteiger charge is -2.25. The second kappa shape index (κ2) is 13.9. The number of carboxylic acid groups (broad SMARTS) is 1. The van der Waals surface area contributed by atoms with Crippen molar-refractivity contribution in [2.45, 2.75) is 77.5 Å². The van der Waals surface area contributed by atoms with Gasteiger partial charge in [-0.2, -0.15) is 13.2 Å². The van der Waals surface area contributed by atoms with Crippen LogP contribution in [-0.2, 0) is 17.4 Å². The Bertz CT molecular complexity index is 1010. The Balaban J connectivity index is 2.08. The highest BCUT2D eigenvalue weighted by atomic mass is 19.4. The minimum Gasteiger partial charge on any atom is -0.478 e. The fraction of sp³-hybridized carbons (Fsp3) is 0.500. The number of rotatable bonds is 14. The molecule has 37 heavy (non-hydrogen) atoms. The molecule has 0 spiro atoms. The lowest BCUT2D eigenvalue weighted by atomic mass is 10.0. The summed E-state index contributed by atoms with van der Waals surface area (Å²) in [4.78, 5) is 26.2. The molecule has 204 valence electrons. The first-order chi connectivity index (χ1) is 17.5. The molecule has 0 aromatic heterocycles. The predicted octanol–water partition coefficient (Wildman–Crippen LogP) is 7.38. The number of carbonyl (C=O) groups is 2. The zero-order chi connectivity index (χ0) is 27.5. The largest absolute Gasteiger partial charge is 0.478 e. The van der Waals surface area contributed by atoms with Crippen LogP contribution in [0.15, 0.2) is 48.5 Å². The van der Waals surface area contributed by atoms with E-state index in [2.05, 4.69) is 12.2 Å². The van der Waals surface area contributed by atoms with Gasteiger partial charge in [0.15, 0.2) is 0 Å². The fourth-order valence-electron chi connectivity index (χ4n) is 3.72. The molecule has 0 aliphatic heterocycles. The number of nitrogens with one attached hydrogen (secondary N) is 1. The van der Waals surface area contributed by atoms with E-state index in [0.29, 0.717) is 31.7 Å². The molecule has 2 aromatic carbocycles. The molecule has 2 N–H and O–H groups in total. The number of halogens is 3. The van der Waals surface area contributed by atoms with E-state index in [-0.39, 0.29) is 11.7 Å². The van der Waals surface area contributed by atoms with Crippen LogP contribution in [0, 0.1) is 0 Å². The van der Waals surface area contributed by atoms with Gasteiger partial charge in [-0.1, -0.05) is 51.7 Å². The smallest absolute Gasteiger partial charge is 0.416 e. The van der Waals surface area contributed by atoms with Crippen LogP contribution in [0.1, 0.15) is 70.4 Å². The topological polar surface area (TPSA) is 78.9 Å². The Kier molecular flexibility index (Phi) is 11.3. The summed E-state index contributed by atoms with van der Waals surface area (Å²) >= 11 is 0. The van der Waals surface area contributed by atoms with Gasteiger partial charge >= 0.3 is 18.2 Å². The number of carboxylic acids is 1. The maximum atomic E-state index is 13.0. The molecule has 6 nitrogen and oxygen atoms in total. The fourth-order valence-corrected chi connectivity index (χ4v) is 3.72. The van der Waals surface area contributed by atoms with Crippen LogP contribution in [0.4, 0.5) is 23.7 Å². The van der Waals surface area contributed by atoms with Crippen LogP contribution in [-0.4, -0.2) is 40.7 Å². The second-order valence-electron chi connectivity index (χ2n) is 9.30. The molecule has 0 aliphatic rings. The van der Waals surface area contributed by atoms with Crippen LogP contribution in [0.5, 0.6) is 5.75 Å². The van der Waals surface area contributed by atoms with Gasteiger partial charge in [-0.3, -0.25) is 0 Å². The Labute approximate surface area is 216 Å². The molecule has 0 radical (unpaired) electrons. The zero-order valence-electron chi connectivity index (χ0n) is 21.7. The van der Waals surface area contributed by atoms with Crippen LogP contribution < -0.4 is 10.1 Å². The van der Waals surface area contributed by atoms with Crippen molar-refractivity contribution in [2.75, 3.05) is 18.4 Å². The van der Waals surface area contributed by atoms with Gasteiger partial charge in [-0.25, -0.2) is 9.59 Å². The monoisotopic (exact) mass is 522 g/mol. The molecule has 9 heteroatoms. The van der Waals surface area contributed by atoms with Crippen molar-refractivity contribution in [3.05, 3.63) is 59.7 Å². The average Bonchev–Trinajstić information content (AvgIpc) is 2.85. The maximum absolute atomic E-state index is 13.0. The van der Waals surface area contributed by atoms with Crippen molar-refractivity contribution in [1.82, 2.24) is 4.90 Å². The number of anilines is 1. The molecule has 1 unspecified atom stereocenters. The molecule has 2 amide bonds. The lowest BCUT2D eigenvalue weighted by Crippen LogP contribution is -2.40. The van der Waals surface area contributed by atoms with E-state index in [1.165, 1.54) is 19.1 Å². The number of carbonyl (C=O) groups excluding carboxylic acids is 1. The standard InChI is InChI=1S/C28H37F3N2O4/c1-4-6-7-8-9-18-33(26(36)32-23-15-13-22(14-16-23)28(29,30)31)19-17-21-11-10-12-24(20-21)37-27(3,5-2)25(34)35/h10-16,20H,4-9,17-19H2,1-3H3,(H,32,36)(H,34,35). The molecule has 0 aliphatic carbocycles. The third-order valence-corrected chi connectivity index (χ3v) is 6.32. The number of benzene rings is 2. The highest BCUT2D eigenvalue weighted by Crippen LogP contribution is 2.30. The Morgan fingerprint density at radius 3 is 2.24 bits per heavy atom. The highest BCUT2D eigenvalue weighted by Gasteiger charge is 2.33. The van der Waals surface area contributed by atoms with Crippen molar-refractivity contribution in [2.24, 2.45) is 0 Å². The summed E-state index contributed by atoms with van der Waals surface area (Å²) in [6, 6.07) is 11.1. The van der Waals surface area contributed by atoms with Crippen molar-refractivity contribution in [1.29, 1.82) is 0 Å². The summed E-state index contributed by atoms with van der Waals surface area (Å²) in [5.41, 5.74) is -0.955. The third-order valence-electron chi connectivity index (χ3n) is 6.32. The number of hydrogen-bond donors (Lipinski definition) is 2. The second-order valence-corrected chi connectivity index (χ2v) is 9.30. The first kappa shape index (κ1) is 30.0. The number of unbranched alkanes of at least 4 members (excludes halogenated alkanes) is 4. The summed E-state index contributed by atoms with van der Waals surface area (Å²) in [7, 11) is 0. The molecule has 0 bridgehead atoms. The molecule has 0 heterocycles. The summed E-state index contributed by atoms with van der Waals surface area (Å²) in [6.07, 6.45) is 1.45. The molecule has 0 saturated heterocycles. The van der Waals surface area contributed by atoms with E-state index in [1.54, 1.807) is 30.0 Å². The van der Waals surface area contributed by atoms with Gasteiger partial charge in [0.05, 0.1) is 5.56 Å². The van der Waals surface area contributed by atoms with Gasteiger partial charge in [0.2, 0.25) is 5.60 Å². The average molecular weight is 523 g/mol. The van der Waals surface area contributed by atoms with Crippen LogP contribution in [0.25, 0.3) is 0 Å². The van der Waals surface area contributed by atoms with Crippen molar-refractivity contribution < 1.29 is 32.6 Å². The van der Waals surface area contributed by atoms with Crippen LogP contribution in [0.3, 0.4) is 0 Å². The summed E-state index contributed by atoms with van der Waals surface area (Å²) in [5, 5.41) is 12.2. The first-order valence-corrected chi connectivity index (χ1v) is 12.7. The van der Waals surface area contributed by atoms with Gasteiger partial charge in [-0.15, -0.1) is 0 Å². The molecule has 0 fully saturated rings. The third kappa shape index (κ3) is 9.63. The minimum absolute atomic E-state index is 0.289. The minimum atomic E-state index is -4.44. The number of ether oxygens (including phenoxy) is 1. The van der Waals surface area contributed by atoms with E-state index in [1.807, 2.05) is 6.07 Å². The molecular formula is C28H37F3N2O4. The van der Waals surface area contributed by atoms with E-state index in [0.717, 1.165) is 49.8 Å². The number of hydrogen-bond acceptors (Lipinski definition) is 3. The number of amides is 2. The normalized spacial score (nSPS) is 13.0. The summed E-state index contributed by atoms with van der Waals surface area (Å²) in [6.45, 7) is 6.29. The van der Waals surface area contributed by atoms with Gasteiger partial charge in [0.25, 0.3) is 0 Å². The zero-order valence-corrected chi connectivity index (χ0v) is 21.7. The Morgan fingerprint density at radius 1 is 0.973 bits per heavy atom. The van der Waals surface area contributed by atoms with E-state index in [9.17, 15) is 27.9 Å². The molecule has 0 saturated carbocycles. The van der Waals surface area contributed by atoms with Gasteiger partial charge < -0.3 is 20.1 Å². The van der Waals surface area contributed by atoms with Crippen molar-refractivity contribution in [3.63, 3.8) is 0 Å². The molecular weight excluding hydrogens is 485 g/mol. The maximum Gasteiger partial charge on any atom is 0.416 e. The van der Waals surface area contributed by atoms with E-state index >= 15 is 0 Å². The SMILES string of the molecule is CCCCCCCN(CCc1cccc(OC(C)(CC)C(=O)O)c1)C(=O)Nc1ccc(C(F)(F)F)cc1. The van der Waals surface area contributed by atoms with Crippen molar-refractivity contribution >= 4 is 17.7 Å². The summed E-state index contributed by atoms with van der Waals surface area (Å²) in [5.74, 6) is -0.612. The number of urea groups is 1. The van der Waals surface area contributed by atoms with Gasteiger partial charge in [-0.05, 0) is 68.1 Å². The van der Waals surface area contributed by atoms with E-state index < -0.39 is 23.3 Å². The predicted molar refractivity (Wildman–Crippen MR) is 138 cm³/mol. The van der Waals surface area contributed by atoms with Crippen molar-refractivity contribution in [3.8, 4) is 5.75 Å². The van der Waals surface area contributed by atoms with Crippen LogP contribution in [0.2, 0.25) is 0 Å². The lowest BCUT2D eigenvalue weighted by molar-refractivity contribution is -0.154. The first-order valence-electron chi connectivity index (χ1n) is 12.7. The summed E-state index contributed by atoms with van der Waals surface area (Å²) < 4.78 is 44.3. The Hall–Kier alpha value is -3.23. The number of nitrogens with zero attached hydrogens (tertiary/aromatic N) is 1. The number of aliphatic carboxylic acids is 1. The Morgan fingerprint density at radius 2 is 1.65 bits per heavy atom. The quantitative estimate of drug-likeness (QED) is 0.254. The molecule has 2 aromatic rings. The van der Waals surface area contributed by atoms with Gasteiger partial charge in [0.1, 0.15) is 5.75 Å². The molecule has 1 atom stereocenters. The van der Waals surface area contributed by atoms with Gasteiger partial charge in [0, 0.05) is 18.8 Å².